The molecule has 5 heterocycles. The van der Waals surface area contributed by atoms with Gasteiger partial charge in [0, 0.05) is 65.7 Å². The van der Waals surface area contributed by atoms with E-state index in [1.165, 1.54) is 35.4 Å². The molecule has 12 nitrogen and oxygen atoms in total. The Labute approximate surface area is 305 Å². The van der Waals surface area contributed by atoms with Crippen LogP contribution in [0.5, 0.6) is 5.75 Å². The van der Waals surface area contributed by atoms with Crippen LogP contribution in [0.4, 0.5) is 5.95 Å². The SMILES string of the molecule is Cn1ncc(-c2nc(NC3CCC(NCc4ccc(OCc5scc6c5CN([C@H]5CCC(=O)NC5=O)C6=O)cc4)CC3)ncc2Cl)c1CC1CC1. The summed E-state index contributed by atoms with van der Waals surface area (Å²) in [6.07, 6.45) is 11.9. The Morgan fingerprint density at radius 1 is 1.00 bits per heavy atom. The molecular formula is C37H41ClN8O4S. The molecule has 51 heavy (non-hydrogen) atoms. The van der Waals surface area contributed by atoms with Crippen LogP contribution in [0.25, 0.3) is 11.3 Å². The van der Waals surface area contributed by atoms with E-state index >= 15 is 0 Å². The lowest BCUT2D eigenvalue weighted by Crippen LogP contribution is -2.52. The van der Waals surface area contributed by atoms with E-state index in [1.54, 1.807) is 11.1 Å². The van der Waals surface area contributed by atoms with Crippen LogP contribution in [0.15, 0.2) is 42.0 Å². The van der Waals surface area contributed by atoms with Gasteiger partial charge in [-0.15, -0.1) is 11.3 Å². The van der Waals surface area contributed by atoms with Crippen LogP contribution in [-0.2, 0) is 42.8 Å². The maximum absolute atomic E-state index is 13.0. The number of amides is 3. The third-order valence-electron chi connectivity index (χ3n) is 10.6. The number of thiophene rings is 1. The fourth-order valence-corrected chi connectivity index (χ4v) is 8.53. The third kappa shape index (κ3) is 7.38. The van der Waals surface area contributed by atoms with Crippen LogP contribution in [0, 0.1) is 5.92 Å². The van der Waals surface area contributed by atoms with Crippen molar-refractivity contribution in [1.82, 2.24) is 35.3 Å². The van der Waals surface area contributed by atoms with Crippen LogP contribution in [0.2, 0.25) is 5.02 Å². The van der Waals surface area contributed by atoms with Gasteiger partial charge in [0.15, 0.2) is 0 Å². The molecule has 2 saturated carbocycles. The number of aromatic nitrogens is 4. The number of imide groups is 1. The van der Waals surface area contributed by atoms with Gasteiger partial charge in [0.2, 0.25) is 17.8 Å². The molecule has 1 atom stereocenters. The second-order valence-corrected chi connectivity index (χ2v) is 15.5. The van der Waals surface area contributed by atoms with E-state index in [0.29, 0.717) is 48.2 Å². The summed E-state index contributed by atoms with van der Waals surface area (Å²) in [6.45, 7) is 1.48. The maximum atomic E-state index is 13.0. The van der Waals surface area contributed by atoms with Crippen molar-refractivity contribution >= 4 is 46.6 Å². The van der Waals surface area contributed by atoms with Gasteiger partial charge >= 0.3 is 0 Å². The van der Waals surface area contributed by atoms with Crippen molar-refractivity contribution in [3.8, 4) is 17.0 Å². The average Bonchev–Trinajstić information content (AvgIpc) is 3.63. The molecule has 3 aromatic heterocycles. The molecule has 1 saturated heterocycles. The van der Waals surface area contributed by atoms with Crippen LogP contribution in [-0.4, -0.2) is 60.5 Å². The molecule has 4 aromatic rings. The molecule has 0 spiro atoms. The van der Waals surface area contributed by atoms with Crippen LogP contribution >= 0.6 is 22.9 Å². The number of piperidine rings is 1. The Hall–Kier alpha value is -4.33. The minimum atomic E-state index is -0.616. The minimum Gasteiger partial charge on any atom is -0.488 e. The van der Waals surface area contributed by atoms with E-state index in [1.807, 2.05) is 35.4 Å². The van der Waals surface area contributed by atoms with Gasteiger partial charge in [-0.2, -0.15) is 5.10 Å². The van der Waals surface area contributed by atoms with Gasteiger partial charge in [-0.05, 0) is 75.0 Å². The summed E-state index contributed by atoms with van der Waals surface area (Å²) in [4.78, 5) is 48.8. The first kappa shape index (κ1) is 33.8. The van der Waals surface area contributed by atoms with Gasteiger partial charge in [-0.25, -0.2) is 9.97 Å². The number of carbonyl (C=O) groups is 3. The Balaban J connectivity index is 0.790. The number of halogens is 1. The lowest BCUT2D eigenvalue weighted by Gasteiger charge is -2.30. The predicted octanol–water partition coefficient (Wildman–Crippen LogP) is 5.40. The predicted molar refractivity (Wildman–Crippen MR) is 193 cm³/mol. The molecule has 0 bridgehead atoms. The number of nitrogens with one attached hydrogen (secondary N) is 3. The van der Waals surface area contributed by atoms with E-state index in [0.717, 1.165) is 72.0 Å². The molecule has 3 fully saturated rings. The molecule has 2 aliphatic heterocycles. The smallest absolute Gasteiger partial charge is 0.256 e. The van der Waals surface area contributed by atoms with Crippen LogP contribution in [0.3, 0.4) is 0 Å². The van der Waals surface area contributed by atoms with Gasteiger partial charge in [0.25, 0.3) is 5.91 Å². The lowest BCUT2D eigenvalue weighted by molar-refractivity contribution is -0.136. The molecular weight excluding hydrogens is 688 g/mol. The van der Waals surface area contributed by atoms with Gasteiger partial charge in [0.05, 0.1) is 28.7 Å². The Morgan fingerprint density at radius 3 is 2.55 bits per heavy atom. The summed E-state index contributed by atoms with van der Waals surface area (Å²) >= 11 is 8.08. The number of aryl methyl sites for hydroxylation is 1. The summed E-state index contributed by atoms with van der Waals surface area (Å²) in [7, 11) is 1.98. The zero-order valence-electron chi connectivity index (χ0n) is 28.5. The topological polar surface area (TPSA) is 143 Å². The minimum absolute atomic E-state index is 0.160. The van der Waals surface area contributed by atoms with Crippen molar-refractivity contribution in [2.45, 2.75) is 95.6 Å². The Morgan fingerprint density at radius 2 is 1.78 bits per heavy atom. The van der Waals surface area contributed by atoms with Crippen molar-refractivity contribution in [1.29, 1.82) is 0 Å². The number of carbonyl (C=O) groups excluding carboxylic acids is 3. The number of anilines is 1. The van der Waals surface area contributed by atoms with E-state index in [9.17, 15) is 14.4 Å². The highest BCUT2D eigenvalue weighted by Crippen LogP contribution is 2.37. The van der Waals surface area contributed by atoms with E-state index in [4.69, 9.17) is 21.3 Å². The fraction of sp³-hybridized carbons (Fsp3) is 0.459. The summed E-state index contributed by atoms with van der Waals surface area (Å²) in [6, 6.07) is 8.24. The summed E-state index contributed by atoms with van der Waals surface area (Å²) in [5.41, 5.74) is 5.64. The van der Waals surface area contributed by atoms with E-state index in [2.05, 4.69) is 38.2 Å². The number of hydrogen-bond acceptors (Lipinski definition) is 10. The molecule has 266 valence electrons. The molecule has 4 aliphatic rings. The van der Waals surface area contributed by atoms with Crippen LogP contribution < -0.4 is 20.7 Å². The van der Waals surface area contributed by atoms with Gasteiger partial charge in [-0.3, -0.25) is 24.4 Å². The highest BCUT2D eigenvalue weighted by atomic mass is 35.5. The van der Waals surface area contributed by atoms with Crippen molar-refractivity contribution < 1.29 is 19.1 Å². The molecule has 1 aromatic carbocycles. The monoisotopic (exact) mass is 728 g/mol. The molecule has 3 N–H and O–H groups in total. The van der Waals surface area contributed by atoms with E-state index in [-0.39, 0.29) is 18.2 Å². The van der Waals surface area contributed by atoms with Crippen molar-refractivity contribution in [3.05, 3.63) is 74.3 Å². The average molecular weight is 729 g/mol. The molecule has 14 heteroatoms. The number of ether oxygens (including phenoxy) is 1. The zero-order valence-corrected chi connectivity index (χ0v) is 30.1. The standard InChI is InChI=1S/C37H41ClN8O4S/c1-45-31(14-21-2-3-21)26(16-41-45)34-29(38)17-40-37(44-34)42-24-8-6-23(7-9-24)39-15-22-4-10-25(11-5-22)50-19-32-27-18-46(36(49)28(27)20-51-32)30-12-13-33(47)43-35(30)48/h4-5,10-11,16-17,20-21,23-24,30,39H,2-3,6-9,12-15,18-19H2,1H3,(H,40,42,44)(H,43,47,48)/t23?,24?,30-/m0/s1. The highest BCUT2D eigenvalue weighted by Gasteiger charge is 2.40. The van der Waals surface area contributed by atoms with Crippen LogP contribution in [0.1, 0.15) is 83.4 Å². The van der Waals surface area contributed by atoms with Crippen molar-refractivity contribution in [2.75, 3.05) is 5.32 Å². The first-order valence-electron chi connectivity index (χ1n) is 17.8. The first-order valence-corrected chi connectivity index (χ1v) is 19.0. The van der Waals surface area contributed by atoms with Gasteiger partial charge in [0.1, 0.15) is 18.4 Å². The largest absolute Gasteiger partial charge is 0.488 e. The quantitative estimate of drug-likeness (QED) is 0.164. The van der Waals surface area contributed by atoms with Crippen molar-refractivity contribution in [3.63, 3.8) is 0 Å². The zero-order chi connectivity index (χ0) is 35.1. The maximum Gasteiger partial charge on any atom is 0.256 e. The Bertz CT molecular complexity index is 1950. The number of nitrogens with zero attached hydrogens (tertiary/aromatic N) is 5. The second kappa shape index (κ2) is 14.4. The molecule has 8 rings (SSSR count). The van der Waals surface area contributed by atoms with Gasteiger partial charge in [-0.1, -0.05) is 23.7 Å². The summed E-state index contributed by atoms with van der Waals surface area (Å²) < 4.78 is 8.05. The number of fused-ring (bicyclic) bond motifs is 1. The molecule has 0 radical (unpaired) electrons. The summed E-state index contributed by atoms with van der Waals surface area (Å²) in [5, 5.41) is 16.5. The molecule has 3 amide bonds. The summed E-state index contributed by atoms with van der Waals surface area (Å²) in [5.74, 6) is 1.25. The Kier molecular flexibility index (Phi) is 9.51. The number of rotatable bonds is 12. The van der Waals surface area contributed by atoms with E-state index < -0.39 is 11.9 Å². The normalized spacial score (nSPS) is 21.9. The second-order valence-electron chi connectivity index (χ2n) is 14.1. The molecule has 2 aliphatic carbocycles. The number of hydrogen-bond donors (Lipinski definition) is 3. The third-order valence-corrected chi connectivity index (χ3v) is 11.9. The lowest BCUT2D eigenvalue weighted by atomic mass is 9.91. The fourth-order valence-electron chi connectivity index (χ4n) is 7.39. The van der Waals surface area contributed by atoms with Crippen molar-refractivity contribution in [2.24, 2.45) is 13.0 Å². The molecule has 0 unspecified atom stereocenters. The van der Waals surface area contributed by atoms with Gasteiger partial charge < -0.3 is 20.3 Å². The first-order chi connectivity index (χ1) is 24.8. The number of benzene rings is 1. The highest BCUT2D eigenvalue weighted by molar-refractivity contribution is 7.10.